The Morgan fingerprint density at radius 1 is 1.00 bits per heavy atom. The molecular weight excluding hydrogens is 419 g/mol. The molecule has 0 atom stereocenters. The van der Waals surface area contributed by atoms with Crippen molar-refractivity contribution in [2.75, 3.05) is 7.11 Å². The first-order valence-corrected chi connectivity index (χ1v) is 9.66. The van der Waals surface area contributed by atoms with Crippen molar-refractivity contribution < 1.29 is 22.7 Å². The number of aromatic nitrogens is 2. The lowest BCUT2D eigenvalue weighted by molar-refractivity contribution is 0.0945. The van der Waals surface area contributed by atoms with Gasteiger partial charge < -0.3 is 15.0 Å². The first kappa shape index (κ1) is 21.2. The smallest absolute Gasteiger partial charge is 0.254 e. The first-order valence-electron chi connectivity index (χ1n) is 9.66. The molecule has 4 rings (SSSR count). The number of hydrogen-bond acceptors (Lipinski definition) is 3. The third-order valence-electron chi connectivity index (χ3n) is 4.89. The summed E-state index contributed by atoms with van der Waals surface area (Å²) in [6.45, 7) is 0.0640. The van der Waals surface area contributed by atoms with Crippen LogP contribution in [0.1, 0.15) is 15.9 Å². The fourth-order valence-corrected chi connectivity index (χ4v) is 3.21. The molecule has 32 heavy (non-hydrogen) atoms. The van der Waals surface area contributed by atoms with E-state index in [1.54, 1.807) is 25.4 Å². The number of aromatic amines is 1. The number of amides is 1. The van der Waals surface area contributed by atoms with Gasteiger partial charge in [-0.2, -0.15) is 0 Å². The van der Waals surface area contributed by atoms with E-state index in [4.69, 9.17) is 4.74 Å². The lowest BCUT2D eigenvalue weighted by Crippen LogP contribution is -2.24. The number of methoxy groups -OCH3 is 1. The van der Waals surface area contributed by atoms with E-state index >= 15 is 0 Å². The standard InChI is InChI=1S/C24H18F3N3O2/c1-32-17-7-3-5-15(11-17)20-13-28-23(30-20)16-6-2-4-14(10-16)12-29-24(31)18-8-9-19(25)22(27)21(18)26/h2-11,13H,12H2,1H3,(H,28,30)(H,29,31). The van der Waals surface area contributed by atoms with Crippen LogP contribution < -0.4 is 10.1 Å². The van der Waals surface area contributed by atoms with Crippen LogP contribution in [0, 0.1) is 17.5 Å². The van der Waals surface area contributed by atoms with Crippen LogP contribution in [0.4, 0.5) is 13.2 Å². The van der Waals surface area contributed by atoms with E-state index in [2.05, 4.69) is 15.3 Å². The molecule has 5 nitrogen and oxygen atoms in total. The lowest BCUT2D eigenvalue weighted by Gasteiger charge is -2.08. The monoisotopic (exact) mass is 437 g/mol. The Morgan fingerprint density at radius 3 is 2.59 bits per heavy atom. The molecule has 1 heterocycles. The predicted octanol–water partition coefficient (Wildman–Crippen LogP) is 5.10. The van der Waals surface area contributed by atoms with E-state index in [-0.39, 0.29) is 6.54 Å². The summed E-state index contributed by atoms with van der Waals surface area (Å²) < 4.78 is 45.5. The Labute approximate surface area is 181 Å². The molecule has 2 N–H and O–H groups in total. The number of halogens is 3. The summed E-state index contributed by atoms with van der Waals surface area (Å²) in [7, 11) is 1.60. The van der Waals surface area contributed by atoms with Crippen LogP contribution in [-0.4, -0.2) is 23.0 Å². The highest BCUT2D eigenvalue weighted by molar-refractivity contribution is 5.94. The summed E-state index contributed by atoms with van der Waals surface area (Å²) in [6.07, 6.45) is 1.71. The van der Waals surface area contributed by atoms with Crippen molar-refractivity contribution >= 4 is 5.91 Å². The van der Waals surface area contributed by atoms with Crippen LogP contribution in [-0.2, 0) is 6.54 Å². The number of rotatable bonds is 6. The van der Waals surface area contributed by atoms with Crippen molar-refractivity contribution in [2.24, 2.45) is 0 Å². The van der Waals surface area contributed by atoms with Crippen molar-refractivity contribution in [1.29, 1.82) is 0 Å². The highest BCUT2D eigenvalue weighted by Crippen LogP contribution is 2.25. The van der Waals surface area contributed by atoms with Gasteiger partial charge in [0.05, 0.1) is 24.6 Å². The van der Waals surface area contributed by atoms with Gasteiger partial charge in [0.1, 0.15) is 11.6 Å². The molecule has 0 saturated carbocycles. The second-order valence-electron chi connectivity index (χ2n) is 6.98. The number of carbonyl (C=O) groups is 1. The predicted molar refractivity (Wildman–Crippen MR) is 113 cm³/mol. The summed E-state index contributed by atoms with van der Waals surface area (Å²) in [5.41, 5.74) is 2.67. The zero-order chi connectivity index (χ0) is 22.7. The van der Waals surface area contributed by atoms with Crippen LogP contribution in [0.15, 0.2) is 66.9 Å². The fraction of sp³-hybridized carbons (Fsp3) is 0.0833. The third-order valence-corrected chi connectivity index (χ3v) is 4.89. The molecule has 0 radical (unpaired) electrons. The highest BCUT2D eigenvalue weighted by Gasteiger charge is 2.18. The number of imidazole rings is 1. The number of hydrogen-bond donors (Lipinski definition) is 2. The van der Waals surface area contributed by atoms with Gasteiger partial charge in [0.15, 0.2) is 17.5 Å². The maximum absolute atomic E-state index is 13.8. The van der Waals surface area contributed by atoms with Gasteiger partial charge in [0, 0.05) is 17.7 Å². The van der Waals surface area contributed by atoms with Gasteiger partial charge in [0.25, 0.3) is 5.91 Å². The molecule has 8 heteroatoms. The SMILES string of the molecule is COc1cccc(-c2cnc(-c3cccc(CNC(=O)c4ccc(F)c(F)c4F)c3)[nH]2)c1. The van der Waals surface area contributed by atoms with Crippen LogP contribution in [0.3, 0.4) is 0 Å². The molecule has 1 amide bonds. The molecule has 0 fully saturated rings. The van der Waals surface area contributed by atoms with E-state index in [0.29, 0.717) is 11.9 Å². The fourth-order valence-electron chi connectivity index (χ4n) is 3.21. The molecule has 0 aliphatic carbocycles. The van der Waals surface area contributed by atoms with Gasteiger partial charge in [-0.25, -0.2) is 18.2 Å². The van der Waals surface area contributed by atoms with Crippen molar-refractivity contribution in [1.82, 2.24) is 15.3 Å². The van der Waals surface area contributed by atoms with Crippen LogP contribution in [0.5, 0.6) is 5.75 Å². The maximum Gasteiger partial charge on any atom is 0.254 e. The van der Waals surface area contributed by atoms with Crippen molar-refractivity contribution in [3.05, 3.63) is 95.4 Å². The number of nitrogens with one attached hydrogen (secondary N) is 2. The molecule has 0 bridgehead atoms. The Bertz CT molecular complexity index is 1290. The van der Waals surface area contributed by atoms with E-state index in [9.17, 15) is 18.0 Å². The number of H-pyrrole nitrogens is 1. The second-order valence-corrected chi connectivity index (χ2v) is 6.98. The van der Waals surface area contributed by atoms with Gasteiger partial charge in [-0.15, -0.1) is 0 Å². The minimum absolute atomic E-state index is 0.0640. The average Bonchev–Trinajstić information content (AvgIpc) is 3.32. The summed E-state index contributed by atoms with van der Waals surface area (Å²) in [5.74, 6) is -4.03. The normalized spacial score (nSPS) is 10.8. The highest BCUT2D eigenvalue weighted by atomic mass is 19.2. The Hall–Kier alpha value is -4.07. The second kappa shape index (κ2) is 8.97. The molecule has 0 spiro atoms. The molecule has 0 unspecified atom stereocenters. The summed E-state index contributed by atoms with van der Waals surface area (Å²) >= 11 is 0. The van der Waals surface area contributed by atoms with E-state index in [0.717, 1.165) is 34.2 Å². The Kier molecular flexibility index (Phi) is 5.93. The topological polar surface area (TPSA) is 67.0 Å². The van der Waals surface area contributed by atoms with Gasteiger partial charge in [-0.1, -0.05) is 30.3 Å². The molecule has 0 saturated heterocycles. The summed E-state index contributed by atoms with van der Waals surface area (Å²) in [5, 5.41) is 2.51. The van der Waals surface area contributed by atoms with Crippen LogP contribution in [0.2, 0.25) is 0 Å². The third kappa shape index (κ3) is 4.34. The summed E-state index contributed by atoms with van der Waals surface area (Å²) in [6, 6.07) is 16.4. The molecule has 3 aromatic carbocycles. The minimum Gasteiger partial charge on any atom is -0.497 e. The number of nitrogens with zero attached hydrogens (tertiary/aromatic N) is 1. The average molecular weight is 437 g/mol. The molecule has 1 aromatic heterocycles. The van der Waals surface area contributed by atoms with Crippen LogP contribution in [0.25, 0.3) is 22.6 Å². The number of carbonyl (C=O) groups excluding carboxylic acids is 1. The molecule has 4 aromatic rings. The zero-order valence-electron chi connectivity index (χ0n) is 17.0. The van der Waals surface area contributed by atoms with Gasteiger partial charge >= 0.3 is 0 Å². The quantitative estimate of drug-likeness (QED) is 0.413. The Balaban J connectivity index is 1.49. The Morgan fingerprint density at radius 2 is 1.78 bits per heavy atom. The van der Waals surface area contributed by atoms with Crippen molar-refractivity contribution in [3.8, 4) is 28.4 Å². The molecule has 0 aliphatic rings. The largest absolute Gasteiger partial charge is 0.497 e. The molecular formula is C24H18F3N3O2. The first-order chi connectivity index (χ1) is 15.5. The minimum atomic E-state index is -1.68. The van der Waals surface area contributed by atoms with Gasteiger partial charge in [-0.05, 0) is 35.9 Å². The van der Waals surface area contributed by atoms with Crippen molar-refractivity contribution in [3.63, 3.8) is 0 Å². The number of ether oxygens (including phenoxy) is 1. The van der Waals surface area contributed by atoms with E-state index < -0.39 is 28.9 Å². The van der Waals surface area contributed by atoms with E-state index in [1.165, 1.54) is 0 Å². The van der Waals surface area contributed by atoms with E-state index in [1.807, 2.05) is 36.4 Å². The van der Waals surface area contributed by atoms with Crippen molar-refractivity contribution in [2.45, 2.75) is 6.54 Å². The van der Waals surface area contributed by atoms with Gasteiger partial charge in [-0.3, -0.25) is 4.79 Å². The molecule has 162 valence electrons. The lowest BCUT2D eigenvalue weighted by atomic mass is 10.1. The number of benzene rings is 3. The van der Waals surface area contributed by atoms with Crippen LogP contribution >= 0.6 is 0 Å². The zero-order valence-corrected chi connectivity index (χ0v) is 17.0. The maximum atomic E-state index is 13.8. The van der Waals surface area contributed by atoms with Gasteiger partial charge in [0.2, 0.25) is 0 Å². The molecule has 0 aliphatic heterocycles. The summed E-state index contributed by atoms with van der Waals surface area (Å²) in [4.78, 5) is 19.9.